The molecule has 0 aliphatic heterocycles. The van der Waals surface area contributed by atoms with Crippen LogP contribution in [0.15, 0.2) is 66.7 Å². The van der Waals surface area contributed by atoms with E-state index in [2.05, 4.69) is 37.5 Å². The Labute approximate surface area is 230 Å². The molecule has 0 atom stereocenters. The molecule has 0 radical (unpaired) electrons. The molecule has 0 unspecified atom stereocenters. The maximum absolute atomic E-state index is 13.7. The number of anilines is 1. The van der Waals surface area contributed by atoms with E-state index in [9.17, 15) is 14.4 Å². The molecule has 3 aromatic carbocycles. The van der Waals surface area contributed by atoms with Crippen molar-refractivity contribution in [2.45, 2.75) is 65.5 Å². The summed E-state index contributed by atoms with van der Waals surface area (Å²) in [5, 5.41) is 16.7. The topological polar surface area (TPSA) is 98.7 Å². The summed E-state index contributed by atoms with van der Waals surface area (Å²) in [6, 6.07) is 21.2. The first-order chi connectivity index (χ1) is 18.6. The van der Waals surface area contributed by atoms with Crippen LogP contribution in [0.4, 0.5) is 10.5 Å². The van der Waals surface area contributed by atoms with Gasteiger partial charge in [0.1, 0.15) is 0 Å². The van der Waals surface area contributed by atoms with E-state index in [-0.39, 0.29) is 36.4 Å². The van der Waals surface area contributed by atoms with Gasteiger partial charge in [0.2, 0.25) is 0 Å². The smallest absolute Gasteiger partial charge is 0.322 e. The van der Waals surface area contributed by atoms with E-state index in [4.69, 9.17) is 5.11 Å². The molecule has 0 bridgehead atoms. The predicted octanol–water partition coefficient (Wildman–Crippen LogP) is 6.68. The van der Waals surface area contributed by atoms with Crippen molar-refractivity contribution in [1.29, 1.82) is 0 Å². The average molecular weight is 530 g/mol. The lowest BCUT2D eigenvalue weighted by Gasteiger charge is -2.41. The van der Waals surface area contributed by atoms with Crippen LogP contribution in [0.25, 0.3) is 10.8 Å². The number of carbonyl (C=O) groups excluding carboxylic acids is 2. The lowest BCUT2D eigenvalue weighted by molar-refractivity contribution is -0.136. The number of carboxylic acids is 1. The van der Waals surface area contributed by atoms with Gasteiger partial charge in [0.25, 0.3) is 5.91 Å². The second-order valence-electron chi connectivity index (χ2n) is 11.6. The van der Waals surface area contributed by atoms with Crippen LogP contribution in [0.3, 0.4) is 0 Å². The molecule has 7 nitrogen and oxygen atoms in total. The standard InChI is InChI=1S/C32H39N3O4/c1-32(2,3)26-13-16-28(17-14-26)35(31(39)34-27-15-12-23-6-4-5-7-25(23)20-27)21-22-8-10-24(11-9-22)30(38)33-19-18-29(36)37/h4-12,15,20,26,28H,13-14,16-19,21H2,1-3H3,(H,33,38)(H,34,39)(H,36,37). The molecule has 1 aliphatic carbocycles. The molecular weight excluding hydrogens is 490 g/mol. The highest BCUT2D eigenvalue weighted by molar-refractivity contribution is 5.95. The third-order valence-corrected chi connectivity index (χ3v) is 7.82. The van der Waals surface area contributed by atoms with Crippen LogP contribution in [0.1, 0.15) is 68.8 Å². The van der Waals surface area contributed by atoms with Crippen LogP contribution in [0, 0.1) is 11.3 Å². The summed E-state index contributed by atoms with van der Waals surface area (Å²) in [5.74, 6) is -0.628. The lowest BCUT2D eigenvalue weighted by atomic mass is 9.71. The van der Waals surface area contributed by atoms with Crippen LogP contribution in [-0.4, -0.2) is 40.5 Å². The normalized spacial score (nSPS) is 17.4. The van der Waals surface area contributed by atoms with Crippen LogP contribution in [0.5, 0.6) is 0 Å². The third-order valence-electron chi connectivity index (χ3n) is 7.82. The van der Waals surface area contributed by atoms with Crippen molar-refractivity contribution in [2.75, 3.05) is 11.9 Å². The highest BCUT2D eigenvalue weighted by Gasteiger charge is 2.33. The Hall–Kier alpha value is -3.87. The Morgan fingerprint density at radius 3 is 2.21 bits per heavy atom. The molecule has 206 valence electrons. The van der Waals surface area contributed by atoms with Crippen molar-refractivity contribution in [3.8, 4) is 0 Å². The summed E-state index contributed by atoms with van der Waals surface area (Å²) in [7, 11) is 0. The number of nitrogens with zero attached hydrogens (tertiary/aromatic N) is 1. The van der Waals surface area contributed by atoms with E-state index in [1.807, 2.05) is 53.4 Å². The lowest BCUT2D eigenvalue weighted by Crippen LogP contribution is -2.45. The first-order valence-corrected chi connectivity index (χ1v) is 13.8. The van der Waals surface area contributed by atoms with E-state index in [1.54, 1.807) is 12.1 Å². The Bertz CT molecular complexity index is 1300. The number of hydrogen-bond acceptors (Lipinski definition) is 3. The van der Waals surface area contributed by atoms with Crippen molar-refractivity contribution >= 4 is 34.4 Å². The summed E-state index contributed by atoms with van der Waals surface area (Å²) in [6.45, 7) is 7.39. The van der Waals surface area contributed by atoms with Crippen LogP contribution >= 0.6 is 0 Å². The van der Waals surface area contributed by atoms with Crippen molar-refractivity contribution in [2.24, 2.45) is 11.3 Å². The Morgan fingerprint density at radius 2 is 1.56 bits per heavy atom. The van der Waals surface area contributed by atoms with Crippen LogP contribution in [-0.2, 0) is 11.3 Å². The highest BCUT2D eigenvalue weighted by atomic mass is 16.4. The molecule has 3 N–H and O–H groups in total. The van der Waals surface area contributed by atoms with Crippen LogP contribution < -0.4 is 10.6 Å². The number of benzene rings is 3. The molecule has 3 aromatic rings. The Balaban J connectivity index is 1.48. The monoisotopic (exact) mass is 529 g/mol. The van der Waals surface area contributed by atoms with Gasteiger partial charge in [-0.25, -0.2) is 4.79 Å². The zero-order valence-corrected chi connectivity index (χ0v) is 23.1. The average Bonchev–Trinajstić information content (AvgIpc) is 2.91. The third kappa shape index (κ3) is 7.59. The quantitative estimate of drug-likeness (QED) is 0.303. The molecule has 39 heavy (non-hydrogen) atoms. The van der Waals surface area contributed by atoms with Crippen LogP contribution in [0.2, 0.25) is 0 Å². The fourth-order valence-corrected chi connectivity index (χ4v) is 5.43. The Kier molecular flexibility index (Phi) is 8.90. The zero-order chi connectivity index (χ0) is 28.0. The van der Waals surface area contributed by atoms with Gasteiger partial charge in [-0.2, -0.15) is 0 Å². The number of aliphatic carboxylic acids is 1. The Morgan fingerprint density at radius 1 is 0.897 bits per heavy atom. The molecule has 4 rings (SSSR count). The number of amides is 3. The van der Waals surface area contributed by atoms with Gasteiger partial charge in [-0.05, 0) is 77.6 Å². The SMILES string of the molecule is CC(C)(C)C1CCC(N(Cc2ccc(C(=O)NCCC(=O)O)cc2)C(=O)Nc2ccc3ccccc3c2)CC1. The van der Waals surface area contributed by atoms with Gasteiger partial charge in [-0.1, -0.05) is 63.2 Å². The van der Waals surface area contributed by atoms with Crippen molar-refractivity contribution in [3.63, 3.8) is 0 Å². The van der Waals surface area contributed by atoms with E-state index < -0.39 is 5.97 Å². The van der Waals surface area contributed by atoms with E-state index >= 15 is 0 Å². The molecule has 1 fully saturated rings. The van der Waals surface area contributed by atoms with Crippen molar-refractivity contribution in [3.05, 3.63) is 77.9 Å². The molecule has 0 spiro atoms. The molecule has 3 amide bonds. The number of hydrogen-bond donors (Lipinski definition) is 3. The van der Waals surface area contributed by atoms with Gasteiger partial charge in [0, 0.05) is 30.4 Å². The molecule has 0 aromatic heterocycles. The number of carbonyl (C=O) groups is 3. The van der Waals surface area contributed by atoms with Crippen molar-refractivity contribution < 1.29 is 19.5 Å². The van der Waals surface area contributed by atoms with Gasteiger partial charge in [-0.3, -0.25) is 9.59 Å². The van der Waals surface area contributed by atoms with Gasteiger partial charge >= 0.3 is 12.0 Å². The van der Waals surface area contributed by atoms with Gasteiger partial charge in [0.15, 0.2) is 0 Å². The first-order valence-electron chi connectivity index (χ1n) is 13.8. The second-order valence-corrected chi connectivity index (χ2v) is 11.6. The van der Waals surface area contributed by atoms with Gasteiger partial charge < -0.3 is 20.6 Å². The molecule has 0 saturated heterocycles. The van der Waals surface area contributed by atoms with Crippen molar-refractivity contribution in [1.82, 2.24) is 10.2 Å². The summed E-state index contributed by atoms with van der Waals surface area (Å²) in [4.78, 5) is 38.7. The first kappa shape index (κ1) is 28.1. The molecule has 7 heteroatoms. The van der Waals surface area contributed by atoms with Gasteiger partial charge in [-0.15, -0.1) is 0 Å². The number of nitrogens with one attached hydrogen (secondary N) is 2. The van der Waals surface area contributed by atoms with Gasteiger partial charge in [0.05, 0.1) is 6.42 Å². The number of rotatable bonds is 8. The fraction of sp³-hybridized carbons (Fsp3) is 0.406. The van der Waals surface area contributed by atoms with E-state index in [0.29, 0.717) is 18.0 Å². The largest absolute Gasteiger partial charge is 0.481 e. The molecule has 1 aliphatic rings. The number of carboxylic acid groups (broad SMARTS) is 1. The van der Waals surface area contributed by atoms with E-state index in [0.717, 1.165) is 47.7 Å². The molecular formula is C32H39N3O4. The minimum Gasteiger partial charge on any atom is -0.481 e. The predicted molar refractivity (Wildman–Crippen MR) is 155 cm³/mol. The summed E-state index contributed by atoms with van der Waals surface area (Å²) < 4.78 is 0. The highest BCUT2D eigenvalue weighted by Crippen LogP contribution is 2.39. The summed E-state index contributed by atoms with van der Waals surface area (Å²) in [6.07, 6.45) is 3.96. The molecule has 1 saturated carbocycles. The maximum atomic E-state index is 13.7. The minimum atomic E-state index is -0.954. The molecule has 0 heterocycles. The summed E-state index contributed by atoms with van der Waals surface area (Å²) >= 11 is 0. The maximum Gasteiger partial charge on any atom is 0.322 e. The second kappa shape index (κ2) is 12.3. The number of fused-ring (bicyclic) bond motifs is 1. The summed E-state index contributed by atoms with van der Waals surface area (Å²) in [5.41, 5.74) is 2.41. The fourth-order valence-electron chi connectivity index (χ4n) is 5.43. The minimum absolute atomic E-state index is 0.0792. The zero-order valence-electron chi connectivity index (χ0n) is 23.1. The number of urea groups is 1. The van der Waals surface area contributed by atoms with E-state index in [1.165, 1.54) is 0 Å².